The highest BCUT2D eigenvalue weighted by Gasteiger charge is 2.51. The molecule has 0 atom stereocenters. The van der Waals surface area contributed by atoms with E-state index in [1.54, 1.807) is 22.0 Å². The van der Waals surface area contributed by atoms with Crippen molar-refractivity contribution in [2.45, 2.75) is 38.1 Å². The maximum absolute atomic E-state index is 13.0. The molecule has 26 heavy (non-hydrogen) atoms. The van der Waals surface area contributed by atoms with Crippen LogP contribution in [0.5, 0.6) is 0 Å². The molecule has 2 amide bonds. The number of likely N-dealkylation sites (N-methyl/N-ethyl adjacent to an activating group) is 1. The van der Waals surface area contributed by atoms with Crippen molar-refractivity contribution in [1.82, 2.24) is 14.7 Å². The molecule has 1 aromatic carbocycles. The summed E-state index contributed by atoms with van der Waals surface area (Å²) in [6, 6.07) is 8.24. The van der Waals surface area contributed by atoms with Gasteiger partial charge in [0.15, 0.2) is 0 Å². The van der Waals surface area contributed by atoms with Gasteiger partial charge in [0.1, 0.15) is 0 Å². The summed E-state index contributed by atoms with van der Waals surface area (Å²) in [6.45, 7) is 5.23. The molecule has 2 aromatic rings. The molecule has 0 saturated carbocycles. The second-order valence-corrected chi connectivity index (χ2v) is 7.56. The van der Waals surface area contributed by atoms with Gasteiger partial charge in [0, 0.05) is 38.1 Å². The summed E-state index contributed by atoms with van der Waals surface area (Å²) >= 11 is 0. The van der Waals surface area contributed by atoms with E-state index in [0.717, 1.165) is 11.3 Å². The fourth-order valence-electron chi connectivity index (χ4n) is 4.20. The van der Waals surface area contributed by atoms with Crippen molar-refractivity contribution in [2.24, 2.45) is 0 Å². The third kappa shape index (κ3) is 2.35. The summed E-state index contributed by atoms with van der Waals surface area (Å²) in [5.41, 5.74) is 2.23. The topological polar surface area (TPSA) is 58.4 Å². The quantitative estimate of drug-likeness (QED) is 0.835. The monoisotopic (exact) mass is 352 g/mol. The van der Waals surface area contributed by atoms with Crippen LogP contribution in [0.1, 0.15) is 48.7 Å². The highest BCUT2D eigenvalue weighted by molar-refractivity contribution is 6.08. The number of benzene rings is 1. The van der Waals surface area contributed by atoms with Crippen molar-refractivity contribution in [2.75, 3.05) is 25.0 Å². The van der Waals surface area contributed by atoms with Crippen LogP contribution in [0.25, 0.3) is 0 Å². The van der Waals surface area contributed by atoms with E-state index in [1.165, 1.54) is 0 Å². The van der Waals surface area contributed by atoms with Gasteiger partial charge in [0.05, 0.1) is 17.2 Å². The Morgan fingerprint density at radius 1 is 1.19 bits per heavy atom. The minimum Gasteiger partial charge on any atom is -0.338 e. The molecule has 0 aliphatic carbocycles. The fourth-order valence-corrected chi connectivity index (χ4v) is 4.20. The maximum atomic E-state index is 13.0. The number of para-hydroxylation sites is 1. The van der Waals surface area contributed by atoms with E-state index >= 15 is 0 Å². The molecule has 0 unspecified atom stereocenters. The number of aromatic nitrogens is 2. The highest BCUT2D eigenvalue weighted by atomic mass is 16.2. The summed E-state index contributed by atoms with van der Waals surface area (Å²) in [5, 5.41) is 4.26. The zero-order valence-electron chi connectivity index (χ0n) is 15.5. The van der Waals surface area contributed by atoms with E-state index in [4.69, 9.17) is 0 Å². The van der Waals surface area contributed by atoms with Crippen LogP contribution in [0.2, 0.25) is 0 Å². The predicted molar refractivity (Wildman–Crippen MR) is 99.3 cm³/mol. The second-order valence-electron chi connectivity index (χ2n) is 7.56. The molecule has 3 heterocycles. The summed E-state index contributed by atoms with van der Waals surface area (Å²) < 4.78 is 1.80. The number of piperidine rings is 1. The highest BCUT2D eigenvalue weighted by Crippen LogP contribution is 2.47. The zero-order valence-corrected chi connectivity index (χ0v) is 15.5. The number of likely N-dealkylation sites (tertiary alicyclic amines) is 1. The lowest BCUT2D eigenvalue weighted by Gasteiger charge is -2.38. The van der Waals surface area contributed by atoms with E-state index in [2.05, 4.69) is 11.2 Å². The maximum Gasteiger partial charge on any atom is 0.257 e. The van der Waals surface area contributed by atoms with Crippen LogP contribution in [0.15, 0.2) is 36.7 Å². The van der Waals surface area contributed by atoms with Gasteiger partial charge in [-0.05, 0) is 38.3 Å². The predicted octanol–water partition coefficient (Wildman–Crippen LogP) is 2.61. The molecule has 1 fully saturated rings. The van der Waals surface area contributed by atoms with Crippen molar-refractivity contribution in [3.8, 4) is 0 Å². The number of carbonyl (C=O) groups excluding carboxylic acids is 2. The average Bonchev–Trinajstić information content (AvgIpc) is 3.23. The van der Waals surface area contributed by atoms with Crippen molar-refractivity contribution >= 4 is 17.5 Å². The standard InChI is InChI=1S/C20H24N4O2/c1-14(2)24-13-15(12-21-24)18(25)23-10-8-20(9-11-23)16-6-4-5-7-17(16)22(3)19(20)26/h4-7,12-14H,8-11H2,1-3H3. The Bertz CT molecular complexity index is 862. The van der Waals surface area contributed by atoms with Crippen molar-refractivity contribution < 1.29 is 9.59 Å². The van der Waals surface area contributed by atoms with Crippen LogP contribution < -0.4 is 4.90 Å². The number of hydrogen-bond acceptors (Lipinski definition) is 3. The normalized spacial score (nSPS) is 18.7. The second kappa shape index (κ2) is 5.97. The van der Waals surface area contributed by atoms with Gasteiger partial charge in [0.2, 0.25) is 5.91 Å². The van der Waals surface area contributed by atoms with Gasteiger partial charge in [-0.25, -0.2) is 0 Å². The van der Waals surface area contributed by atoms with E-state index < -0.39 is 5.41 Å². The molecule has 6 heteroatoms. The Balaban J connectivity index is 1.54. The summed E-state index contributed by atoms with van der Waals surface area (Å²) in [4.78, 5) is 29.4. The van der Waals surface area contributed by atoms with Crippen molar-refractivity contribution in [3.63, 3.8) is 0 Å². The lowest BCUT2D eigenvalue weighted by molar-refractivity contribution is -0.124. The number of amides is 2. The zero-order chi connectivity index (χ0) is 18.5. The molecule has 0 radical (unpaired) electrons. The number of fused-ring (bicyclic) bond motifs is 2. The third-order valence-electron chi connectivity index (χ3n) is 5.78. The summed E-state index contributed by atoms with van der Waals surface area (Å²) in [7, 11) is 1.84. The summed E-state index contributed by atoms with van der Waals surface area (Å²) in [6.07, 6.45) is 4.77. The Labute approximate surface area is 153 Å². The van der Waals surface area contributed by atoms with Gasteiger partial charge >= 0.3 is 0 Å². The van der Waals surface area contributed by atoms with E-state index in [0.29, 0.717) is 31.5 Å². The molecule has 1 spiro atoms. The average molecular weight is 352 g/mol. The molecule has 4 rings (SSSR count). The minimum atomic E-state index is -0.482. The van der Waals surface area contributed by atoms with Gasteiger partial charge in [0.25, 0.3) is 5.91 Å². The SMILES string of the molecule is CC(C)n1cc(C(=O)N2CCC3(CC2)C(=O)N(C)c2ccccc23)cn1. The minimum absolute atomic E-state index is 0.00108. The Hall–Kier alpha value is -2.63. The number of carbonyl (C=O) groups is 2. The van der Waals surface area contributed by atoms with Crippen molar-refractivity contribution in [1.29, 1.82) is 0 Å². The smallest absolute Gasteiger partial charge is 0.257 e. The molecule has 0 bridgehead atoms. The van der Waals surface area contributed by atoms with Gasteiger partial charge in [-0.15, -0.1) is 0 Å². The van der Waals surface area contributed by atoms with Crippen molar-refractivity contribution in [3.05, 3.63) is 47.8 Å². The van der Waals surface area contributed by atoms with Gasteiger partial charge < -0.3 is 9.80 Å². The first-order chi connectivity index (χ1) is 12.4. The third-order valence-corrected chi connectivity index (χ3v) is 5.78. The van der Waals surface area contributed by atoms with Gasteiger partial charge in [-0.3, -0.25) is 14.3 Å². The van der Waals surface area contributed by atoms with Gasteiger partial charge in [-0.2, -0.15) is 5.10 Å². The molecule has 0 N–H and O–H groups in total. The largest absolute Gasteiger partial charge is 0.338 e. The lowest BCUT2D eigenvalue weighted by atomic mass is 9.73. The van der Waals surface area contributed by atoms with E-state index in [-0.39, 0.29) is 17.9 Å². The summed E-state index contributed by atoms with van der Waals surface area (Å²) in [5.74, 6) is 0.150. The number of nitrogens with zero attached hydrogens (tertiary/aromatic N) is 4. The van der Waals surface area contributed by atoms with Crippen LogP contribution in [0.4, 0.5) is 5.69 Å². The first-order valence-corrected chi connectivity index (χ1v) is 9.15. The van der Waals surface area contributed by atoms with E-state index in [1.807, 2.05) is 44.0 Å². The molecular formula is C20H24N4O2. The number of anilines is 1. The number of rotatable bonds is 2. The Morgan fingerprint density at radius 2 is 1.88 bits per heavy atom. The molecule has 1 saturated heterocycles. The van der Waals surface area contributed by atoms with Crippen LogP contribution in [-0.2, 0) is 10.2 Å². The van der Waals surface area contributed by atoms with Crippen LogP contribution in [0, 0.1) is 0 Å². The lowest BCUT2D eigenvalue weighted by Crippen LogP contribution is -2.49. The molecule has 6 nitrogen and oxygen atoms in total. The first-order valence-electron chi connectivity index (χ1n) is 9.15. The Kier molecular flexibility index (Phi) is 3.86. The molecule has 136 valence electrons. The molecule has 1 aromatic heterocycles. The first kappa shape index (κ1) is 16.8. The molecule has 2 aliphatic rings. The number of hydrogen-bond donors (Lipinski definition) is 0. The van der Waals surface area contributed by atoms with Crippen LogP contribution >= 0.6 is 0 Å². The Morgan fingerprint density at radius 3 is 2.54 bits per heavy atom. The molecule has 2 aliphatic heterocycles. The van der Waals surface area contributed by atoms with Gasteiger partial charge in [-0.1, -0.05) is 18.2 Å². The molecular weight excluding hydrogens is 328 g/mol. The van der Waals surface area contributed by atoms with E-state index in [9.17, 15) is 9.59 Å². The van der Waals surface area contributed by atoms with Crippen LogP contribution in [-0.4, -0.2) is 46.6 Å². The fraction of sp³-hybridized carbons (Fsp3) is 0.450. The van der Waals surface area contributed by atoms with Crippen LogP contribution in [0.3, 0.4) is 0 Å².